The third-order valence-electron chi connectivity index (χ3n) is 3.68. The molecule has 3 rings (SSSR count). The number of ether oxygens (including phenoxy) is 2. The van der Waals surface area contributed by atoms with E-state index >= 15 is 0 Å². The summed E-state index contributed by atoms with van der Waals surface area (Å²) in [6.45, 7) is -0.607. The second-order valence-electron chi connectivity index (χ2n) is 5.19. The van der Waals surface area contributed by atoms with Crippen LogP contribution in [0.3, 0.4) is 0 Å². The summed E-state index contributed by atoms with van der Waals surface area (Å²) in [5.41, 5.74) is 0.835. The second kappa shape index (κ2) is 5.80. The largest absolute Gasteiger partial charge is 0.470 e. The van der Waals surface area contributed by atoms with Gasteiger partial charge in [-0.05, 0) is 22.0 Å². The molecule has 120 valence electrons. The van der Waals surface area contributed by atoms with E-state index in [1.807, 2.05) is 24.3 Å². The van der Waals surface area contributed by atoms with Crippen LogP contribution in [-0.4, -0.2) is 61.1 Å². The molecule has 0 bridgehead atoms. The van der Waals surface area contributed by atoms with E-state index in [0.717, 1.165) is 10.9 Å². The zero-order valence-electron chi connectivity index (χ0n) is 11.4. The van der Waals surface area contributed by atoms with Gasteiger partial charge in [-0.3, -0.25) is 0 Å². The van der Waals surface area contributed by atoms with Crippen LogP contribution in [0.4, 0.5) is 0 Å². The number of H-pyrrole nitrogens is 1. The molecule has 0 amide bonds. The van der Waals surface area contributed by atoms with Crippen LogP contribution in [-0.2, 0) is 4.74 Å². The number of aromatic amines is 1. The third kappa shape index (κ3) is 2.62. The topological polar surface area (TPSA) is 115 Å². The molecule has 8 heteroatoms. The molecule has 1 aromatic heterocycles. The number of para-hydroxylation sites is 1. The number of halogens is 1. The first kappa shape index (κ1) is 15.7. The minimum atomic E-state index is -1.61. The minimum absolute atomic E-state index is 0.325. The van der Waals surface area contributed by atoms with Crippen LogP contribution in [0.1, 0.15) is 0 Å². The third-order valence-corrected chi connectivity index (χ3v) is 4.59. The summed E-state index contributed by atoms with van der Waals surface area (Å²) in [6, 6.07) is 9.19. The van der Waals surface area contributed by atoms with Crippen LogP contribution in [0.15, 0.2) is 30.3 Å². The van der Waals surface area contributed by atoms with E-state index < -0.39 is 35.7 Å². The van der Waals surface area contributed by atoms with Crippen molar-refractivity contribution in [1.29, 1.82) is 0 Å². The fourth-order valence-electron chi connectivity index (χ4n) is 2.46. The molecule has 1 aliphatic rings. The quantitative estimate of drug-likeness (QED) is 0.486. The fourth-order valence-corrected chi connectivity index (χ4v) is 2.91. The Morgan fingerprint density at radius 1 is 1.27 bits per heavy atom. The van der Waals surface area contributed by atoms with Crippen molar-refractivity contribution >= 4 is 26.8 Å². The maximum atomic E-state index is 10.3. The molecule has 2 heterocycles. The lowest BCUT2D eigenvalue weighted by molar-refractivity contribution is -0.291. The molecule has 0 spiro atoms. The van der Waals surface area contributed by atoms with Gasteiger partial charge in [-0.15, -0.1) is 0 Å². The number of fused-ring (bicyclic) bond motifs is 1. The van der Waals surface area contributed by atoms with Crippen LogP contribution in [0, 0.1) is 0 Å². The number of aromatic nitrogens is 1. The molecule has 0 radical (unpaired) electrons. The predicted molar refractivity (Wildman–Crippen MR) is 80.6 cm³/mol. The standard InChI is InChI=1S/C14H16BrNO6/c15-14(6-17)12(19)11(10(18)13(20)22-14)21-9-5-7-3-1-2-4-8(7)16-9/h1-5,10-13,16-20H,6H2/t10-,11-,12-,13+,14-/m1/s1. The van der Waals surface area contributed by atoms with Gasteiger partial charge >= 0.3 is 0 Å². The summed E-state index contributed by atoms with van der Waals surface area (Å²) < 4.78 is 8.99. The van der Waals surface area contributed by atoms with Gasteiger partial charge in [-0.25, -0.2) is 0 Å². The van der Waals surface area contributed by atoms with E-state index in [0.29, 0.717) is 5.88 Å². The van der Waals surface area contributed by atoms with E-state index in [4.69, 9.17) is 9.47 Å². The van der Waals surface area contributed by atoms with E-state index in [1.54, 1.807) is 6.07 Å². The minimum Gasteiger partial charge on any atom is -0.470 e. The Hall–Kier alpha value is -1.16. The van der Waals surface area contributed by atoms with Crippen molar-refractivity contribution in [3.05, 3.63) is 30.3 Å². The average Bonchev–Trinajstić information content (AvgIpc) is 2.92. The Morgan fingerprint density at radius 3 is 2.68 bits per heavy atom. The number of hydrogen-bond acceptors (Lipinski definition) is 6. The van der Waals surface area contributed by atoms with E-state index in [2.05, 4.69) is 20.9 Å². The van der Waals surface area contributed by atoms with E-state index in [1.165, 1.54) is 0 Å². The smallest absolute Gasteiger partial charge is 0.192 e. The molecular weight excluding hydrogens is 358 g/mol. The van der Waals surface area contributed by atoms with Gasteiger partial charge in [0, 0.05) is 17.0 Å². The molecule has 7 nitrogen and oxygen atoms in total. The monoisotopic (exact) mass is 373 g/mol. The normalized spacial score (nSPS) is 35.7. The van der Waals surface area contributed by atoms with Gasteiger partial charge in [-0.1, -0.05) is 18.2 Å². The number of alkyl halides is 1. The van der Waals surface area contributed by atoms with Crippen molar-refractivity contribution in [2.24, 2.45) is 0 Å². The SMILES string of the molecule is OC[C@@]1(Br)O[C@H](O)[C@H](O)[C@@H](Oc2cc3ccccc3[nH]2)[C@H]1O. The first-order valence-electron chi connectivity index (χ1n) is 6.71. The number of benzene rings is 1. The van der Waals surface area contributed by atoms with Crippen LogP contribution in [0.2, 0.25) is 0 Å². The summed E-state index contributed by atoms with van der Waals surface area (Å²) in [7, 11) is 0. The zero-order valence-corrected chi connectivity index (χ0v) is 13.0. The number of hydrogen-bond donors (Lipinski definition) is 5. The summed E-state index contributed by atoms with van der Waals surface area (Å²) in [4.78, 5) is 3.00. The highest BCUT2D eigenvalue weighted by atomic mass is 79.9. The molecule has 5 N–H and O–H groups in total. The van der Waals surface area contributed by atoms with Gasteiger partial charge in [0.15, 0.2) is 22.8 Å². The van der Waals surface area contributed by atoms with Gasteiger partial charge < -0.3 is 34.9 Å². The maximum absolute atomic E-state index is 10.3. The van der Waals surface area contributed by atoms with Crippen molar-refractivity contribution in [3.8, 4) is 5.88 Å². The maximum Gasteiger partial charge on any atom is 0.192 e. The van der Waals surface area contributed by atoms with Gasteiger partial charge in [0.25, 0.3) is 0 Å². The second-order valence-corrected chi connectivity index (χ2v) is 6.53. The predicted octanol–water partition coefficient (Wildman–Crippen LogP) is 0.0692. The molecule has 1 aliphatic heterocycles. The highest BCUT2D eigenvalue weighted by Gasteiger charge is 2.53. The molecule has 1 aromatic carbocycles. The number of nitrogens with one attached hydrogen (secondary N) is 1. The fraction of sp³-hybridized carbons (Fsp3) is 0.429. The molecule has 0 aliphatic carbocycles. The average molecular weight is 374 g/mol. The van der Waals surface area contributed by atoms with Crippen molar-refractivity contribution in [2.75, 3.05) is 6.61 Å². The van der Waals surface area contributed by atoms with Crippen molar-refractivity contribution in [3.63, 3.8) is 0 Å². The van der Waals surface area contributed by atoms with Crippen LogP contribution in [0.5, 0.6) is 5.88 Å². The molecule has 2 aromatic rings. The Balaban J connectivity index is 1.88. The summed E-state index contributed by atoms with van der Waals surface area (Å²) in [5, 5.41) is 40.2. The lowest BCUT2D eigenvalue weighted by Crippen LogP contribution is -2.64. The lowest BCUT2D eigenvalue weighted by Gasteiger charge is -2.44. The van der Waals surface area contributed by atoms with Gasteiger partial charge in [0.05, 0.1) is 6.61 Å². The summed E-state index contributed by atoms with van der Waals surface area (Å²) in [5.74, 6) is 0.325. The first-order chi connectivity index (χ1) is 10.4. The zero-order chi connectivity index (χ0) is 15.9. The summed E-state index contributed by atoms with van der Waals surface area (Å²) in [6.07, 6.45) is -5.67. The van der Waals surface area contributed by atoms with Crippen LogP contribution < -0.4 is 4.74 Å². The van der Waals surface area contributed by atoms with Gasteiger partial charge in [0.1, 0.15) is 12.2 Å². The Morgan fingerprint density at radius 2 is 2.00 bits per heavy atom. The lowest BCUT2D eigenvalue weighted by atomic mass is 9.99. The van der Waals surface area contributed by atoms with Gasteiger partial charge in [-0.2, -0.15) is 0 Å². The highest BCUT2D eigenvalue weighted by Crippen LogP contribution is 2.36. The van der Waals surface area contributed by atoms with Crippen LogP contribution in [0.25, 0.3) is 10.9 Å². The molecule has 5 atom stereocenters. The molecule has 0 saturated carbocycles. The number of rotatable bonds is 3. The number of aliphatic hydroxyl groups excluding tert-OH is 4. The Bertz CT molecular complexity index is 631. The Labute approximate surface area is 134 Å². The first-order valence-corrected chi connectivity index (χ1v) is 7.50. The summed E-state index contributed by atoms with van der Waals surface area (Å²) >= 11 is 3.03. The molecule has 22 heavy (non-hydrogen) atoms. The van der Waals surface area contributed by atoms with Gasteiger partial charge in [0.2, 0.25) is 0 Å². The van der Waals surface area contributed by atoms with E-state index in [9.17, 15) is 20.4 Å². The number of aliphatic hydroxyl groups is 4. The van der Waals surface area contributed by atoms with Crippen LogP contribution >= 0.6 is 15.9 Å². The highest BCUT2D eigenvalue weighted by molar-refractivity contribution is 9.10. The van der Waals surface area contributed by atoms with Crippen molar-refractivity contribution in [2.45, 2.75) is 29.1 Å². The van der Waals surface area contributed by atoms with Crippen molar-refractivity contribution in [1.82, 2.24) is 4.98 Å². The molecule has 0 unspecified atom stereocenters. The van der Waals surface area contributed by atoms with E-state index in [-0.39, 0.29) is 0 Å². The van der Waals surface area contributed by atoms with Crippen molar-refractivity contribution < 1.29 is 29.9 Å². The Kier molecular flexibility index (Phi) is 4.15. The molecule has 1 fully saturated rings. The molecular formula is C14H16BrNO6. The molecule has 1 saturated heterocycles.